The molecule has 2 aromatic rings. The van der Waals surface area contributed by atoms with Crippen LogP contribution in [0.5, 0.6) is 0 Å². The zero-order chi connectivity index (χ0) is 36.0. The predicted octanol–water partition coefficient (Wildman–Crippen LogP) is 1.85. The van der Waals surface area contributed by atoms with Crippen LogP contribution in [0.15, 0.2) is 48.5 Å². The second-order valence-electron chi connectivity index (χ2n) is 11.4. The summed E-state index contributed by atoms with van der Waals surface area (Å²) in [5.41, 5.74) is 3.90. The second-order valence-corrected chi connectivity index (χ2v) is 12.4. The van der Waals surface area contributed by atoms with Gasteiger partial charge in [0.15, 0.2) is 12.2 Å². The first-order valence-corrected chi connectivity index (χ1v) is 16.1. The Morgan fingerprint density at radius 1 is 0.837 bits per heavy atom. The van der Waals surface area contributed by atoms with Gasteiger partial charge in [0.05, 0.1) is 19.2 Å². The molecule has 1 fully saturated rings. The highest BCUT2D eigenvalue weighted by Crippen LogP contribution is 2.44. The van der Waals surface area contributed by atoms with Crippen LogP contribution in [-0.2, 0) is 52.4 Å². The third-order valence-electron chi connectivity index (χ3n) is 7.98. The van der Waals surface area contributed by atoms with E-state index in [2.05, 4.69) is 26.6 Å². The van der Waals surface area contributed by atoms with Gasteiger partial charge in [0.25, 0.3) is 5.79 Å². The number of alkyl halides is 1. The van der Waals surface area contributed by atoms with Gasteiger partial charge in [-0.3, -0.25) is 19.2 Å². The lowest BCUT2D eigenvalue weighted by atomic mass is 9.86. The number of halogens is 1. The largest absolute Gasteiger partial charge is 0.465 e. The Morgan fingerprint density at radius 2 is 1.41 bits per heavy atom. The number of aliphatic hydroxyl groups is 1. The maximum absolute atomic E-state index is 13.5. The number of carbonyl (C=O) groups excluding carboxylic acids is 6. The molecule has 3 N–H and O–H groups in total. The Balaban J connectivity index is 1.70. The highest BCUT2D eigenvalue weighted by molar-refractivity contribution is 9.09. The van der Waals surface area contributed by atoms with Gasteiger partial charge in [-0.1, -0.05) is 64.5 Å². The molecule has 7 atom stereocenters. The molecule has 1 aliphatic heterocycles. The van der Waals surface area contributed by atoms with E-state index in [-0.39, 0.29) is 12.5 Å². The van der Waals surface area contributed by atoms with Crippen LogP contribution in [0, 0.1) is 0 Å². The van der Waals surface area contributed by atoms with Crippen molar-refractivity contribution in [2.45, 2.75) is 74.6 Å². The molecule has 4 rings (SSSR count). The van der Waals surface area contributed by atoms with E-state index in [9.17, 15) is 33.9 Å². The molecule has 16 heteroatoms. The average molecular weight is 750 g/mol. The Hall–Kier alpha value is -4.54. The van der Waals surface area contributed by atoms with E-state index in [4.69, 9.17) is 28.4 Å². The van der Waals surface area contributed by atoms with Gasteiger partial charge in [-0.15, -0.1) is 0 Å². The van der Waals surface area contributed by atoms with E-state index in [0.717, 1.165) is 57.1 Å². The molecule has 0 radical (unpaired) electrons. The molecular weight excluding hydrogens is 712 g/mol. The molecule has 2 aliphatic rings. The van der Waals surface area contributed by atoms with Crippen molar-refractivity contribution in [3.8, 4) is 11.1 Å². The maximum atomic E-state index is 13.5. The number of amides is 2. The van der Waals surface area contributed by atoms with Gasteiger partial charge < -0.3 is 44.2 Å². The summed E-state index contributed by atoms with van der Waals surface area (Å²) >= 11 is 3.23. The minimum Gasteiger partial charge on any atom is -0.465 e. The molecule has 0 unspecified atom stereocenters. The van der Waals surface area contributed by atoms with Crippen LogP contribution in [0.4, 0.5) is 4.79 Å². The van der Waals surface area contributed by atoms with Crippen molar-refractivity contribution in [1.29, 1.82) is 0 Å². The van der Waals surface area contributed by atoms with Crippen LogP contribution in [0.25, 0.3) is 11.1 Å². The Kier molecular flexibility index (Phi) is 12.0. The van der Waals surface area contributed by atoms with Crippen molar-refractivity contribution in [3.63, 3.8) is 0 Å². The summed E-state index contributed by atoms with van der Waals surface area (Å²) < 4.78 is 32.1. The predicted molar refractivity (Wildman–Crippen MR) is 172 cm³/mol. The quantitative estimate of drug-likeness (QED) is 0.171. The van der Waals surface area contributed by atoms with Crippen LogP contribution >= 0.6 is 15.9 Å². The number of benzene rings is 2. The first kappa shape index (κ1) is 37.3. The number of rotatable bonds is 11. The summed E-state index contributed by atoms with van der Waals surface area (Å²) in [6.07, 6.45) is -6.06. The molecule has 1 heterocycles. The second kappa shape index (κ2) is 15.8. The molecular formula is C33H37BrN2O13. The summed E-state index contributed by atoms with van der Waals surface area (Å²) in [5.74, 6) is -7.77. The van der Waals surface area contributed by atoms with Gasteiger partial charge in [0.1, 0.15) is 24.1 Å². The number of ether oxygens (including phenoxy) is 6. The van der Waals surface area contributed by atoms with Crippen molar-refractivity contribution in [3.05, 3.63) is 59.7 Å². The smallest absolute Gasteiger partial charge is 0.407 e. The van der Waals surface area contributed by atoms with Gasteiger partial charge in [0, 0.05) is 33.6 Å². The molecule has 0 spiro atoms. The number of hydrogen-bond acceptors (Lipinski definition) is 13. The SMILES string of the molecule is COC(=O)[C@@]1(O)O[C@@H]([C@@H](OC(C)=O)[C@@H](COC(C)=O)OC(C)=O)[C@H](NC(C)=O)[C@H](NC(=O)OCC2c3ccccc3-c3ccccc32)[C@@H]1Br. The van der Waals surface area contributed by atoms with Gasteiger partial charge in [0.2, 0.25) is 5.91 Å². The number of methoxy groups -OCH3 is 1. The normalized spacial score (nSPS) is 23.8. The molecule has 15 nitrogen and oxygen atoms in total. The minimum atomic E-state index is -2.89. The van der Waals surface area contributed by atoms with E-state index in [0.29, 0.717) is 0 Å². The molecule has 0 bridgehead atoms. The maximum Gasteiger partial charge on any atom is 0.407 e. The lowest BCUT2D eigenvalue weighted by molar-refractivity contribution is -0.283. The molecule has 2 aromatic carbocycles. The summed E-state index contributed by atoms with van der Waals surface area (Å²) in [5, 5.41) is 16.8. The van der Waals surface area contributed by atoms with Gasteiger partial charge in [-0.25, -0.2) is 9.59 Å². The fraction of sp³-hybridized carbons (Fsp3) is 0.455. The van der Waals surface area contributed by atoms with Crippen LogP contribution in [0.3, 0.4) is 0 Å². The van der Waals surface area contributed by atoms with E-state index >= 15 is 0 Å². The Morgan fingerprint density at radius 3 is 1.92 bits per heavy atom. The summed E-state index contributed by atoms with van der Waals surface area (Å²) in [6.45, 7) is 3.54. The number of alkyl carbamates (subject to hydrolysis) is 1. The molecule has 1 saturated heterocycles. The van der Waals surface area contributed by atoms with Gasteiger partial charge >= 0.3 is 30.0 Å². The first-order valence-electron chi connectivity index (χ1n) is 15.2. The lowest BCUT2D eigenvalue weighted by Gasteiger charge is -2.50. The topological polar surface area (TPSA) is 202 Å². The number of fused-ring (bicyclic) bond motifs is 3. The van der Waals surface area contributed by atoms with E-state index in [1.165, 1.54) is 0 Å². The zero-order valence-corrected chi connectivity index (χ0v) is 28.9. The minimum absolute atomic E-state index is 0.0987. The van der Waals surface area contributed by atoms with Crippen molar-refractivity contribution in [1.82, 2.24) is 10.6 Å². The fourth-order valence-electron chi connectivity index (χ4n) is 6.05. The number of carbonyl (C=O) groups is 6. The molecule has 1 aliphatic carbocycles. The van der Waals surface area contributed by atoms with Crippen LogP contribution in [0.2, 0.25) is 0 Å². The van der Waals surface area contributed by atoms with Gasteiger partial charge in [-0.05, 0) is 22.3 Å². The van der Waals surface area contributed by atoms with Crippen LogP contribution < -0.4 is 10.6 Å². The Labute approximate surface area is 290 Å². The van der Waals surface area contributed by atoms with E-state index in [1.807, 2.05) is 48.5 Å². The van der Waals surface area contributed by atoms with E-state index in [1.54, 1.807) is 0 Å². The molecule has 264 valence electrons. The monoisotopic (exact) mass is 748 g/mol. The average Bonchev–Trinajstić information content (AvgIpc) is 3.37. The number of esters is 4. The van der Waals surface area contributed by atoms with Crippen molar-refractivity contribution in [2.75, 3.05) is 20.3 Å². The number of nitrogens with one attached hydrogen (secondary N) is 2. The molecule has 49 heavy (non-hydrogen) atoms. The Bertz CT molecular complexity index is 1560. The summed E-state index contributed by atoms with van der Waals surface area (Å²) in [4.78, 5) is 73.7. The highest BCUT2D eigenvalue weighted by atomic mass is 79.9. The molecule has 0 saturated carbocycles. The summed E-state index contributed by atoms with van der Waals surface area (Å²) in [7, 11) is 0.970. The summed E-state index contributed by atoms with van der Waals surface area (Å²) in [6, 6.07) is 12.6. The first-order chi connectivity index (χ1) is 23.2. The third kappa shape index (κ3) is 8.37. The highest BCUT2D eigenvalue weighted by Gasteiger charge is 2.62. The van der Waals surface area contributed by atoms with Crippen molar-refractivity contribution >= 4 is 51.8 Å². The molecule has 2 amide bonds. The van der Waals surface area contributed by atoms with Crippen molar-refractivity contribution in [2.24, 2.45) is 0 Å². The lowest BCUT2D eigenvalue weighted by Crippen LogP contribution is -2.75. The van der Waals surface area contributed by atoms with Crippen LogP contribution in [0.1, 0.15) is 44.7 Å². The molecule has 0 aromatic heterocycles. The fourth-order valence-corrected chi connectivity index (χ4v) is 6.81. The zero-order valence-electron chi connectivity index (χ0n) is 27.3. The van der Waals surface area contributed by atoms with Crippen molar-refractivity contribution < 1.29 is 62.3 Å². The van der Waals surface area contributed by atoms with Crippen LogP contribution in [-0.4, -0.2) is 102 Å². The standard InChI is InChI=1S/C33H37BrN2O13/c1-16(37)35-26-27(36-32(42)46-14-24-22-12-8-6-10-20(22)21-11-7-9-13-23(21)24)30(34)33(43,31(41)44-5)49-29(26)28(48-19(4)40)25(47-18(3)39)15-45-17(2)38/h6-13,24-30,43H,14-15H2,1-5H3,(H,35,37)(H,36,42)/t25-,26-,27+,28+,29-,30+,33+/m1/s1. The van der Waals surface area contributed by atoms with E-state index < -0.39 is 83.5 Å². The van der Waals surface area contributed by atoms with Gasteiger partial charge in [-0.2, -0.15) is 0 Å². The number of hydrogen-bond donors (Lipinski definition) is 3. The third-order valence-corrected chi connectivity index (χ3v) is 9.17.